The lowest BCUT2D eigenvalue weighted by Crippen LogP contribution is -2.37. The van der Waals surface area contributed by atoms with Crippen molar-refractivity contribution in [1.82, 2.24) is 5.32 Å². The van der Waals surface area contributed by atoms with Crippen molar-refractivity contribution >= 4 is 28.8 Å². The average molecular weight is 324 g/mol. The van der Waals surface area contributed by atoms with Crippen LogP contribution in [0, 0.1) is 5.92 Å². The van der Waals surface area contributed by atoms with Crippen molar-refractivity contribution in [2.75, 3.05) is 6.54 Å². The van der Waals surface area contributed by atoms with Crippen molar-refractivity contribution in [3.8, 4) is 0 Å². The van der Waals surface area contributed by atoms with E-state index in [4.69, 9.17) is 11.6 Å². The number of aliphatic hydroxyl groups excluding tert-OH is 1. The largest absolute Gasteiger partial charge is 0.386 e. The SMILES string of the molecule is O=C(NCC(O)c1ccc(Cl)s1)C1CCC(F)(F)CC1. The normalized spacial score (nSPS) is 20.6. The van der Waals surface area contributed by atoms with Crippen LogP contribution < -0.4 is 5.32 Å². The fraction of sp³-hybridized carbons (Fsp3) is 0.615. The summed E-state index contributed by atoms with van der Waals surface area (Å²) in [6.45, 7) is 0.0720. The molecular weight excluding hydrogens is 308 g/mol. The Kier molecular flexibility index (Phi) is 4.99. The number of amides is 1. The van der Waals surface area contributed by atoms with E-state index in [9.17, 15) is 18.7 Å². The molecule has 1 aromatic rings. The van der Waals surface area contributed by atoms with Gasteiger partial charge in [-0.05, 0) is 25.0 Å². The number of nitrogens with one attached hydrogen (secondary N) is 1. The molecule has 2 rings (SSSR count). The van der Waals surface area contributed by atoms with Crippen LogP contribution >= 0.6 is 22.9 Å². The van der Waals surface area contributed by atoms with Gasteiger partial charge in [0.2, 0.25) is 11.8 Å². The summed E-state index contributed by atoms with van der Waals surface area (Å²) >= 11 is 7.01. The van der Waals surface area contributed by atoms with Crippen LogP contribution in [0.4, 0.5) is 8.78 Å². The molecule has 2 N–H and O–H groups in total. The highest BCUT2D eigenvalue weighted by molar-refractivity contribution is 7.16. The second-order valence-electron chi connectivity index (χ2n) is 5.03. The highest BCUT2D eigenvalue weighted by Crippen LogP contribution is 2.36. The maximum Gasteiger partial charge on any atom is 0.248 e. The van der Waals surface area contributed by atoms with E-state index in [0.29, 0.717) is 9.21 Å². The van der Waals surface area contributed by atoms with E-state index >= 15 is 0 Å². The van der Waals surface area contributed by atoms with Crippen molar-refractivity contribution in [3.63, 3.8) is 0 Å². The number of alkyl halides is 2. The minimum Gasteiger partial charge on any atom is -0.386 e. The Morgan fingerprint density at radius 1 is 1.50 bits per heavy atom. The third-order valence-electron chi connectivity index (χ3n) is 3.48. The molecule has 1 amide bonds. The van der Waals surface area contributed by atoms with Crippen LogP contribution in [0.5, 0.6) is 0 Å². The van der Waals surface area contributed by atoms with Crippen LogP contribution in [0.2, 0.25) is 4.34 Å². The van der Waals surface area contributed by atoms with Crippen LogP contribution in [0.1, 0.15) is 36.7 Å². The molecule has 0 aliphatic heterocycles. The molecule has 1 fully saturated rings. The minimum absolute atomic E-state index is 0.0720. The van der Waals surface area contributed by atoms with Gasteiger partial charge >= 0.3 is 0 Å². The van der Waals surface area contributed by atoms with Crippen molar-refractivity contribution in [3.05, 3.63) is 21.3 Å². The summed E-state index contributed by atoms with van der Waals surface area (Å²) in [5, 5.41) is 12.5. The Hall–Kier alpha value is -0.720. The fourth-order valence-corrected chi connectivity index (χ4v) is 3.30. The summed E-state index contributed by atoms with van der Waals surface area (Å²) in [5.74, 6) is -3.28. The molecule has 20 heavy (non-hydrogen) atoms. The van der Waals surface area contributed by atoms with Crippen LogP contribution in [0.25, 0.3) is 0 Å². The van der Waals surface area contributed by atoms with E-state index in [1.54, 1.807) is 12.1 Å². The first-order chi connectivity index (χ1) is 9.37. The van der Waals surface area contributed by atoms with Gasteiger partial charge in [0.05, 0.1) is 4.34 Å². The van der Waals surface area contributed by atoms with Gasteiger partial charge in [-0.15, -0.1) is 11.3 Å². The first-order valence-corrected chi connectivity index (χ1v) is 7.66. The maximum absolute atomic E-state index is 13.0. The number of halogens is 3. The zero-order valence-corrected chi connectivity index (χ0v) is 12.3. The quantitative estimate of drug-likeness (QED) is 0.892. The first-order valence-electron chi connectivity index (χ1n) is 6.46. The second kappa shape index (κ2) is 6.37. The zero-order valence-electron chi connectivity index (χ0n) is 10.7. The van der Waals surface area contributed by atoms with Crippen LogP contribution in [0.15, 0.2) is 12.1 Å². The van der Waals surface area contributed by atoms with E-state index in [1.807, 2.05) is 0 Å². The van der Waals surface area contributed by atoms with Crippen molar-refractivity contribution in [1.29, 1.82) is 0 Å². The molecule has 0 radical (unpaired) electrons. The van der Waals surface area contributed by atoms with E-state index in [1.165, 1.54) is 11.3 Å². The Morgan fingerprint density at radius 3 is 2.70 bits per heavy atom. The molecule has 1 aliphatic carbocycles. The average Bonchev–Trinajstić information content (AvgIpc) is 2.82. The van der Waals surface area contributed by atoms with Gasteiger partial charge in [0, 0.05) is 30.2 Å². The molecular formula is C13H16ClF2NO2S. The monoisotopic (exact) mass is 323 g/mol. The second-order valence-corrected chi connectivity index (χ2v) is 6.78. The van der Waals surface area contributed by atoms with Crippen molar-refractivity contribution < 1.29 is 18.7 Å². The van der Waals surface area contributed by atoms with E-state index in [2.05, 4.69) is 5.32 Å². The van der Waals surface area contributed by atoms with Gasteiger partial charge in [0.15, 0.2) is 0 Å². The summed E-state index contributed by atoms with van der Waals surface area (Å²) in [5.41, 5.74) is 0. The summed E-state index contributed by atoms with van der Waals surface area (Å²) in [6, 6.07) is 3.38. The molecule has 112 valence electrons. The lowest BCUT2D eigenvalue weighted by atomic mass is 9.86. The molecule has 0 saturated heterocycles. The predicted octanol–water partition coefficient (Wildman–Crippen LogP) is 3.38. The lowest BCUT2D eigenvalue weighted by molar-refractivity contribution is -0.129. The Bertz CT molecular complexity index is 471. The lowest BCUT2D eigenvalue weighted by Gasteiger charge is -2.27. The molecule has 1 unspecified atom stereocenters. The van der Waals surface area contributed by atoms with Crippen molar-refractivity contribution in [2.45, 2.75) is 37.7 Å². The third kappa shape index (κ3) is 4.14. The standard InChI is InChI=1S/C13H16ClF2NO2S/c14-11-2-1-10(20-11)9(18)7-17-12(19)8-3-5-13(15,16)6-4-8/h1-2,8-9,18H,3-7H2,(H,17,19). The number of thiophene rings is 1. The van der Waals surface area contributed by atoms with Crippen LogP contribution in [-0.2, 0) is 4.79 Å². The Morgan fingerprint density at radius 2 is 2.15 bits per heavy atom. The summed E-state index contributed by atoms with van der Waals surface area (Å²) in [4.78, 5) is 12.5. The van der Waals surface area contributed by atoms with Gasteiger partial charge in [-0.25, -0.2) is 8.78 Å². The number of hydrogen-bond donors (Lipinski definition) is 2. The van der Waals surface area contributed by atoms with Gasteiger partial charge in [-0.3, -0.25) is 4.79 Å². The third-order valence-corrected chi connectivity index (χ3v) is 4.81. The number of aliphatic hydroxyl groups is 1. The highest BCUT2D eigenvalue weighted by Gasteiger charge is 2.37. The highest BCUT2D eigenvalue weighted by atomic mass is 35.5. The fourth-order valence-electron chi connectivity index (χ4n) is 2.25. The van der Waals surface area contributed by atoms with Crippen LogP contribution in [0.3, 0.4) is 0 Å². The van der Waals surface area contributed by atoms with E-state index in [0.717, 1.165) is 0 Å². The predicted molar refractivity (Wildman–Crippen MR) is 74.2 cm³/mol. The molecule has 0 aromatic carbocycles. The van der Waals surface area contributed by atoms with Crippen molar-refractivity contribution in [2.24, 2.45) is 5.92 Å². The molecule has 1 aromatic heterocycles. The smallest absolute Gasteiger partial charge is 0.248 e. The molecule has 0 bridgehead atoms. The van der Waals surface area contributed by atoms with E-state index in [-0.39, 0.29) is 44.1 Å². The Balaban J connectivity index is 1.78. The van der Waals surface area contributed by atoms with Crippen LogP contribution in [-0.4, -0.2) is 23.5 Å². The molecule has 1 saturated carbocycles. The molecule has 1 aliphatic rings. The maximum atomic E-state index is 13.0. The number of carbonyl (C=O) groups excluding carboxylic acids is 1. The van der Waals surface area contributed by atoms with Gasteiger partial charge in [-0.1, -0.05) is 11.6 Å². The van der Waals surface area contributed by atoms with Gasteiger partial charge in [-0.2, -0.15) is 0 Å². The summed E-state index contributed by atoms with van der Waals surface area (Å²) in [7, 11) is 0. The van der Waals surface area contributed by atoms with Gasteiger partial charge in [0.25, 0.3) is 0 Å². The topological polar surface area (TPSA) is 49.3 Å². The van der Waals surface area contributed by atoms with E-state index < -0.39 is 12.0 Å². The molecule has 7 heteroatoms. The Labute approximate surface area is 124 Å². The molecule has 0 spiro atoms. The molecule has 3 nitrogen and oxygen atoms in total. The first kappa shape index (κ1) is 15.7. The number of hydrogen-bond acceptors (Lipinski definition) is 3. The molecule has 1 heterocycles. The minimum atomic E-state index is -2.63. The van der Waals surface area contributed by atoms with Gasteiger partial charge < -0.3 is 10.4 Å². The summed E-state index contributed by atoms with van der Waals surface area (Å²) < 4.78 is 26.6. The zero-order chi connectivity index (χ0) is 14.8. The summed E-state index contributed by atoms with van der Waals surface area (Å²) in [6.07, 6.45) is -0.913. The number of carbonyl (C=O) groups is 1. The molecule has 1 atom stereocenters. The van der Waals surface area contributed by atoms with Gasteiger partial charge in [0.1, 0.15) is 6.10 Å². The number of rotatable bonds is 4.